The van der Waals surface area contributed by atoms with E-state index in [0.717, 1.165) is 5.56 Å². The number of carbonyl (C=O) groups is 1. The molecule has 0 spiro atoms. The van der Waals surface area contributed by atoms with E-state index in [4.69, 9.17) is 11.6 Å². The van der Waals surface area contributed by atoms with Crippen molar-refractivity contribution in [3.8, 4) is 0 Å². The average Bonchev–Trinajstić information content (AvgIpc) is 2.42. The molecule has 0 aromatic heterocycles. The van der Waals surface area contributed by atoms with Gasteiger partial charge < -0.3 is 5.43 Å². The summed E-state index contributed by atoms with van der Waals surface area (Å²) in [6.07, 6.45) is 1.92. The van der Waals surface area contributed by atoms with Gasteiger partial charge in [-0.3, -0.25) is 15.4 Å². The number of nitrogens with one attached hydrogen (secondary N) is 3. The highest BCUT2D eigenvalue weighted by molar-refractivity contribution is 7.99. The van der Waals surface area contributed by atoms with E-state index >= 15 is 0 Å². The summed E-state index contributed by atoms with van der Waals surface area (Å²) >= 11 is 7.34. The number of hydrogen-bond donors (Lipinski definition) is 4. The van der Waals surface area contributed by atoms with Crippen LogP contribution >= 0.6 is 23.4 Å². The first-order valence-electron chi connectivity index (χ1n) is 5.73. The summed E-state index contributed by atoms with van der Waals surface area (Å²) in [5.74, 6) is -0.208. The lowest BCUT2D eigenvalue weighted by Crippen LogP contribution is -3.04. The Morgan fingerprint density at radius 1 is 1.42 bits per heavy atom. The van der Waals surface area contributed by atoms with Crippen LogP contribution in [-0.4, -0.2) is 17.3 Å². The zero-order valence-corrected chi connectivity index (χ0v) is 12.1. The molecule has 0 bridgehead atoms. The largest absolute Gasteiger partial charge is 0.310 e. The molecule has 5 N–H and O–H groups in total. The molecule has 0 unspecified atom stereocenters. The second kappa shape index (κ2) is 5.83. The summed E-state index contributed by atoms with van der Waals surface area (Å²) in [5.41, 5.74) is 7.27. The smallest absolute Gasteiger partial charge is 0.297 e. The van der Waals surface area contributed by atoms with Crippen LogP contribution in [0.5, 0.6) is 0 Å². The van der Waals surface area contributed by atoms with Crippen LogP contribution in [0.2, 0.25) is 5.02 Å². The van der Waals surface area contributed by atoms with Crippen molar-refractivity contribution >= 4 is 29.3 Å². The lowest BCUT2D eigenvalue weighted by atomic mass is 10.2. The van der Waals surface area contributed by atoms with Gasteiger partial charge in [0, 0.05) is 10.6 Å². The van der Waals surface area contributed by atoms with E-state index in [9.17, 15) is 4.79 Å². The second-order valence-electron chi connectivity index (χ2n) is 4.16. The maximum absolute atomic E-state index is 11.7. The summed E-state index contributed by atoms with van der Waals surface area (Å²) in [4.78, 5) is 11.7. The number of hydrogen-bond acceptors (Lipinski definition) is 4. The third-order valence-electron chi connectivity index (χ3n) is 2.83. The van der Waals surface area contributed by atoms with Gasteiger partial charge in [0.2, 0.25) is 0 Å². The van der Waals surface area contributed by atoms with Crippen molar-refractivity contribution < 1.29 is 10.1 Å². The van der Waals surface area contributed by atoms with Crippen molar-refractivity contribution in [3.05, 3.63) is 47.1 Å². The Balaban J connectivity index is 2.01. The van der Waals surface area contributed by atoms with Gasteiger partial charge in [-0.2, -0.15) is 5.43 Å². The second-order valence-corrected chi connectivity index (χ2v) is 5.65. The van der Waals surface area contributed by atoms with Crippen molar-refractivity contribution in [2.75, 3.05) is 6.26 Å². The number of rotatable bonds is 4. The molecule has 0 aliphatic carbocycles. The van der Waals surface area contributed by atoms with Gasteiger partial charge >= 0.3 is 0 Å². The minimum Gasteiger partial charge on any atom is -0.310 e. The molecule has 1 aliphatic heterocycles. The molecule has 1 heterocycles. The molecule has 102 valence electrons. The summed E-state index contributed by atoms with van der Waals surface area (Å²) in [6, 6.07) is 7.63. The monoisotopic (exact) mass is 299 g/mol. The average molecular weight is 300 g/mol. The van der Waals surface area contributed by atoms with Gasteiger partial charge in [-0.1, -0.05) is 42.1 Å². The molecule has 1 amide bonds. The van der Waals surface area contributed by atoms with Crippen LogP contribution in [0.15, 0.2) is 36.5 Å². The van der Waals surface area contributed by atoms with Gasteiger partial charge in [0.15, 0.2) is 0 Å². The lowest BCUT2D eigenvalue weighted by molar-refractivity contribution is -0.728. The Labute approximate surface area is 121 Å². The summed E-state index contributed by atoms with van der Waals surface area (Å²) in [7, 11) is 0. The van der Waals surface area contributed by atoms with Crippen LogP contribution in [0, 0.1) is 0 Å². The van der Waals surface area contributed by atoms with Crippen LogP contribution in [-0.2, 0) is 11.3 Å². The predicted octanol–water partition coefficient (Wildman–Crippen LogP) is 0.115. The number of benzene rings is 1. The van der Waals surface area contributed by atoms with Crippen molar-refractivity contribution in [1.82, 2.24) is 16.2 Å². The van der Waals surface area contributed by atoms with Gasteiger partial charge in [0.1, 0.15) is 12.2 Å². The van der Waals surface area contributed by atoms with E-state index in [1.807, 2.05) is 35.8 Å². The first-order valence-corrected chi connectivity index (χ1v) is 7.33. The molecular formula is C12H16ClN4OS+. The summed E-state index contributed by atoms with van der Waals surface area (Å²) in [5, 5.41) is 4.95. The number of hydrazine groups is 1. The SMILES string of the molecule is C=C1NN[C@]([NH2+]Cc2ccc(Cl)cc2)(SC)NC1=O. The van der Waals surface area contributed by atoms with E-state index in [1.54, 1.807) is 0 Å². The van der Waals surface area contributed by atoms with E-state index in [2.05, 4.69) is 22.7 Å². The van der Waals surface area contributed by atoms with E-state index in [0.29, 0.717) is 17.3 Å². The highest BCUT2D eigenvalue weighted by Gasteiger charge is 2.39. The molecule has 1 aromatic rings. The van der Waals surface area contributed by atoms with Gasteiger partial charge in [0.05, 0.1) is 0 Å². The van der Waals surface area contributed by atoms with E-state index in [-0.39, 0.29) is 5.91 Å². The highest BCUT2D eigenvalue weighted by Crippen LogP contribution is 2.12. The fourth-order valence-electron chi connectivity index (χ4n) is 1.67. The minimum atomic E-state index is -0.641. The molecule has 1 aromatic carbocycles. The number of nitrogens with two attached hydrogens (primary N) is 1. The fraction of sp³-hybridized carbons (Fsp3) is 0.250. The zero-order valence-electron chi connectivity index (χ0n) is 10.5. The fourth-order valence-corrected chi connectivity index (χ4v) is 2.39. The topological polar surface area (TPSA) is 69.8 Å². The predicted molar refractivity (Wildman–Crippen MR) is 76.9 cm³/mol. The quantitative estimate of drug-likeness (QED) is 0.471. The first-order chi connectivity index (χ1) is 9.04. The number of amides is 1. The van der Waals surface area contributed by atoms with Crippen LogP contribution in [0.1, 0.15) is 5.56 Å². The Kier molecular flexibility index (Phi) is 4.36. The van der Waals surface area contributed by atoms with Gasteiger partial charge in [-0.25, -0.2) is 0 Å². The third-order valence-corrected chi connectivity index (χ3v) is 4.10. The van der Waals surface area contributed by atoms with Gasteiger partial charge in [-0.15, -0.1) is 0 Å². The number of carbonyl (C=O) groups excluding carboxylic acids is 1. The molecule has 1 atom stereocenters. The van der Waals surface area contributed by atoms with E-state index in [1.165, 1.54) is 11.8 Å². The number of quaternary nitrogens is 1. The van der Waals surface area contributed by atoms with Crippen LogP contribution < -0.4 is 21.5 Å². The Morgan fingerprint density at radius 3 is 2.68 bits per heavy atom. The Hall–Kier alpha value is -1.21. The molecular weight excluding hydrogens is 284 g/mol. The van der Waals surface area contributed by atoms with Gasteiger partial charge in [-0.05, 0) is 18.4 Å². The van der Waals surface area contributed by atoms with Crippen LogP contribution in [0.25, 0.3) is 0 Å². The maximum atomic E-state index is 11.7. The maximum Gasteiger partial charge on any atom is 0.297 e. The van der Waals surface area contributed by atoms with Gasteiger partial charge in [0.25, 0.3) is 11.0 Å². The molecule has 1 aliphatic rings. The standard InChI is InChI=1S/C12H15ClN4OS/c1-8-11(18)15-12(19-2,17-16-8)14-7-9-3-5-10(13)6-4-9/h3-6,14,16-17H,1,7H2,2H3,(H,15,18)/p+1/t12-/m1/s1. The summed E-state index contributed by atoms with van der Waals surface area (Å²) in [6.45, 7) is 4.31. The number of halogens is 1. The molecule has 5 nitrogen and oxygen atoms in total. The minimum absolute atomic E-state index is 0.208. The molecule has 2 rings (SSSR count). The highest BCUT2D eigenvalue weighted by atomic mass is 35.5. The molecule has 19 heavy (non-hydrogen) atoms. The molecule has 0 saturated carbocycles. The van der Waals surface area contributed by atoms with E-state index < -0.39 is 5.12 Å². The van der Waals surface area contributed by atoms with Crippen LogP contribution in [0.4, 0.5) is 0 Å². The summed E-state index contributed by atoms with van der Waals surface area (Å²) < 4.78 is 0. The van der Waals surface area contributed by atoms with Crippen molar-refractivity contribution in [3.63, 3.8) is 0 Å². The normalized spacial score (nSPS) is 22.8. The zero-order chi connectivity index (χ0) is 13.9. The molecule has 0 radical (unpaired) electrons. The van der Waals surface area contributed by atoms with Crippen molar-refractivity contribution in [2.45, 2.75) is 11.7 Å². The Bertz CT molecular complexity index is 493. The lowest BCUT2D eigenvalue weighted by Gasteiger charge is -2.35. The Morgan fingerprint density at radius 2 is 2.11 bits per heavy atom. The van der Waals surface area contributed by atoms with Crippen molar-refractivity contribution in [1.29, 1.82) is 0 Å². The third kappa shape index (κ3) is 3.42. The molecule has 7 heteroatoms. The molecule has 1 fully saturated rings. The molecule has 1 saturated heterocycles. The van der Waals surface area contributed by atoms with Crippen molar-refractivity contribution in [2.24, 2.45) is 0 Å². The number of thioether (sulfide) groups is 1. The first kappa shape index (κ1) is 14.2. The van der Waals surface area contributed by atoms with Crippen LogP contribution in [0.3, 0.4) is 0 Å².